The van der Waals surface area contributed by atoms with Gasteiger partial charge in [0.05, 0.1) is 4.92 Å². The number of hydrogen-bond acceptors (Lipinski definition) is 6. The van der Waals surface area contributed by atoms with Crippen LogP contribution in [0.15, 0.2) is 33.5 Å². The van der Waals surface area contributed by atoms with Crippen LogP contribution in [0.4, 0.5) is 5.69 Å². The summed E-state index contributed by atoms with van der Waals surface area (Å²) in [5.74, 6) is 0.0949. The minimum Gasteiger partial charge on any atom is -0.403 e. The van der Waals surface area contributed by atoms with Gasteiger partial charge in [0.1, 0.15) is 10.2 Å². The molecule has 0 fully saturated rings. The van der Waals surface area contributed by atoms with Crippen molar-refractivity contribution in [3.05, 3.63) is 55.2 Å². The summed E-state index contributed by atoms with van der Waals surface area (Å²) in [4.78, 5) is 28.3. The molecule has 3 aromatic rings. The highest BCUT2D eigenvalue weighted by Crippen LogP contribution is 2.29. The molecule has 0 atom stereocenters. The van der Waals surface area contributed by atoms with Crippen molar-refractivity contribution in [2.45, 2.75) is 13.8 Å². The van der Waals surface area contributed by atoms with E-state index < -0.39 is 10.5 Å². The predicted octanol–water partition coefficient (Wildman–Crippen LogP) is 3.44. The Bertz CT molecular complexity index is 926. The molecule has 0 spiro atoms. The third-order valence-corrected chi connectivity index (χ3v) is 4.37. The number of aryl methyl sites for hydroxylation is 2. The van der Waals surface area contributed by atoms with Crippen molar-refractivity contribution in [2.75, 3.05) is 0 Å². The molecule has 0 aliphatic rings. The van der Waals surface area contributed by atoms with Crippen molar-refractivity contribution in [2.24, 2.45) is 0 Å². The maximum atomic E-state index is 12.1. The summed E-state index contributed by atoms with van der Waals surface area (Å²) < 4.78 is 5.22. The van der Waals surface area contributed by atoms with Gasteiger partial charge in [-0.2, -0.15) is 0 Å². The number of hydrogen-bond donors (Lipinski definition) is 0. The van der Waals surface area contributed by atoms with Gasteiger partial charge in [0.15, 0.2) is 0 Å². The molecule has 0 unspecified atom stereocenters. The van der Waals surface area contributed by atoms with E-state index in [0.717, 1.165) is 10.4 Å². The number of aromatic nitrogens is 1. The molecular formula is C14H10N2O4S. The standard InChI is InChI=1S/C14H10N2O4S/c1-7-8(2)21-13-11(7)14(17)20-12(15-13)9-4-3-5-10(6-9)16(18)19/h3-6H,1-2H3. The molecule has 21 heavy (non-hydrogen) atoms. The summed E-state index contributed by atoms with van der Waals surface area (Å²) in [6.45, 7) is 3.76. The summed E-state index contributed by atoms with van der Waals surface area (Å²) in [7, 11) is 0. The normalized spacial score (nSPS) is 11.0. The molecule has 1 aromatic carbocycles. The Morgan fingerprint density at radius 1 is 1.33 bits per heavy atom. The maximum absolute atomic E-state index is 12.1. The number of non-ortho nitro benzene ring substituents is 1. The zero-order chi connectivity index (χ0) is 15.1. The molecule has 0 amide bonds. The minimum absolute atomic E-state index is 0.0735. The third-order valence-electron chi connectivity index (χ3n) is 3.27. The lowest BCUT2D eigenvalue weighted by molar-refractivity contribution is -0.384. The van der Waals surface area contributed by atoms with Crippen molar-refractivity contribution < 1.29 is 9.34 Å². The topological polar surface area (TPSA) is 86.2 Å². The lowest BCUT2D eigenvalue weighted by Gasteiger charge is -1.99. The minimum atomic E-state index is -0.500. The Hall–Kier alpha value is -2.54. The van der Waals surface area contributed by atoms with E-state index in [0.29, 0.717) is 15.8 Å². The summed E-state index contributed by atoms with van der Waals surface area (Å²) in [6, 6.07) is 5.87. The molecule has 2 aromatic heterocycles. The molecule has 0 radical (unpaired) electrons. The molecule has 0 aliphatic heterocycles. The SMILES string of the molecule is Cc1sc2nc(-c3cccc([N+](=O)[O-])c3)oc(=O)c2c1C. The second-order valence-electron chi connectivity index (χ2n) is 4.58. The maximum Gasteiger partial charge on any atom is 0.348 e. The van der Waals surface area contributed by atoms with E-state index >= 15 is 0 Å². The average molecular weight is 302 g/mol. The largest absolute Gasteiger partial charge is 0.403 e. The molecule has 0 N–H and O–H groups in total. The highest BCUT2D eigenvalue weighted by Gasteiger charge is 2.16. The van der Waals surface area contributed by atoms with E-state index in [1.165, 1.54) is 29.5 Å². The van der Waals surface area contributed by atoms with E-state index in [4.69, 9.17) is 4.42 Å². The average Bonchev–Trinajstić information content (AvgIpc) is 2.74. The first-order chi connectivity index (χ1) is 9.97. The molecule has 106 valence electrons. The fourth-order valence-electron chi connectivity index (χ4n) is 2.06. The number of thiophene rings is 1. The highest BCUT2D eigenvalue weighted by atomic mass is 32.1. The molecule has 3 rings (SSSR count). The smallest absolute Gasteiger partial charge is 0.348 e. The molecule has 7 heteroatoms. The number of nitro benzene ring substituents is 1. The quantitative estimate of drug-likeness (QED) is 0.534. The van der Waals surface area contributed by atoms with Gasteiger partial charge in [-0.1, -0.05) is 6.07 Å². The van der Waals surface area contributed by atoms with Gasteiger partial charge in [-0.25, -0.2) is 9.78 Å². The van der Waals surface area contributed by atoms with Crippen LogP contribution in [0.25, 0.3) is 21.7 Å². The Labute approximate surface area is 122 Å². The Balaban J connectivity index is 2.24. The first-order valence-electron chi connectivity index (χ1n) is 6.13. The van der Waals surface area contributed by atoms with Gasteiger partial charge in [-0.05, 0) is 25.5 Å². The second kappa shape index (κ2) is 4.78. The third kappa shape index (κ3) is 2.21. The number of rotatable bonds is 2. The van der Waals surface area contributed by atoms with Crippen LogP contribution >= 0.6 is 11.3 Å². The van der Waals surface area contributed by atoms with Crippen molar-refractivity contribution in [1.82, 2.24) is 4.98 Å². The Morgan fingerprint density at radius 2 is 2.10 bits per heavy atom. The predicted molar refractivity (Wildman–Crippen MR) is 79.7 cm³/mol. The first-order valence-corrected chi connectivity index (χ1v) is 6.94. The number of fused-ring (bicyclic) bond motifs is 1. The summed E-state index contributed by atoms with van der Waals surface area (Å²) in [5, 5.41) is 11.3. The highest BCUT2D eigenvalue weighted by molar-refractivity contribution is 7.18. The van der Waals surface area contributed by atoms with Crippen LogP contribution in [0.2, 0.25) is 0 Å². The van der Waals surface area contributed by atoms with Gasteiger partial charge < -0.3 is 4.42 Å². The van der Waals surface area contributed by atoms with E-state index in [-0.39, 0.29) is 11.6 Å². The van der Waals surface area contributed by atoms with Crippen LogP contribution in [0.5, 0.6) is 0 Å². The van der Waals surface area contributed by atoms with E-state index in [2.05, 4.69) is 4.98 Å². The van der Waals surface area contributed by atoms with E-state index in [9.17, 15) is 14.9 Å². The number of nitrogens with zero attached hydrogens (tertiary/aromatic N) is 2. The van der Waals surface area contributed by atoms with Crippen molar-refractivity contribution in [3.63, 3.8) is 0 Å². The van der Waals surface area contributed by atoms with Gasteiger partial charge in [0.25, 0.3) is 5.69 Å². The van der Waals surface area contributed by atoms with Crippen LogP contribution in [0, 0.1) is 24.0 Å². The van der Waals surface area contributed by atoms with Crippen molar-refractivity contribution in [3.8, 4) is 11.5 Å². The van der Waals surface area contributed by atoms with Crippen LogP contribution in [0.1, 0.15) is 10.4 Å². The Kier molecular flexibility index (Phi) is 3.06. The van der Waals surface area contributed by atoms with Crippen LogP contribution in [-0.2, 0) is 0 Å². The lowest BCUT2D eigenvalue weighted by atomic mass is 10.2. The van der Waals surface area contributed by atoms with Gasteiger partial charge in [0.2, 0.25) is 5.89 Å². The van der Waals surface area contributed by atoms with Crippen LogP contribution in [-0.4, -0.2) is 9.91 Å². The zero-order valence-corrected chi connectivity index (χ0v) is 12.1. The molecule has 2 heterocycles. The molecule has 0 saturated heterocycles. The molecular weight excluding hydrogens is 292 g/mol. The van der Waals surface area contributed by atoms with Gasteiger partial charge in [-0.15, -0.1) is 11.3 Å². The molecule has 0 bridgehead atoms. The van der Waals surface area contributed by atoms with Gasteiger partial charge >= 0.3 is 5.63 Å². The first kappa shape index (κ1) is 13.4. The monoisotopic (exact) mass is 302 g/mol. The van der Waals surface area contributed by atoms with Crippen molar-refractivity contribution >= 4 is 27.2 Å². The summed E-state index contributed by atoms with van der Waals surface area (Å²) >= 11 is 1.41. The Morgan fingerprint density at radius 3 is 2.81 bits per heavy atom. The zero-order valence-electron chi connectivity index (χ0n) is 11.2. The van der Waals surface area contributed by atoms with E-state index in [1.807, 2.05) is 13.8 Å². The second-order valence-corrected chi connectivity index (χ2v) is 5.78. The molecule has 6 nitrogen and oxygen atoms in total. The summed E-state index contributed by atoms with van der Waals surface area (Å²) in [5.41, 5.74) is 0.729. The fourth-order valence-corrected chi connectivity index (χ4v) is 3.07. The molecule has 0 aliphatic carbocycles. The number of nitro groups is 1. The lowest BCUT2D eigenvalue weighted by Crippen LogP contribution is -2.02. The van der Waals surface area contributed by atoms with Gasteiger partial charge in [-0.3, -0.25) is 10.1 Å². The van der Waals surface area contributed by atoms with Crippen molar-refractivity contribution in [1.29, 1.82) is 0 Å². The van der Waals surface area contributed by atoms with E-state index in [1.54, 1.807) is 6.07 Å². The molecule has 0 saturated carbocycles. The summed E-state index contributed by atoms with van der Waals surface area (Å²) in [6.07, 6.45) is 0. The van der Waals surface area contributed by atoms with Gasteiger partial charge in [0, 0.05) is 22.6 Å². The number of benzene rings is 1. The van der Waals surface area contributed by atoms with Crippen LogP contribution < -0.4 is 5.63 Å². The fraction of sp³-hybridized carbons (Fsp3) is 0.143. The van der Waals surface area contributed by atoms with Crippen LogP contribution in [0.3, 0.4) is 0 Å².